The van der Waals surface area contributed by atoms with Crippen molar-refractivity contribution in [1.82, 2.24) is 0 Å². The quantitative estimate of drug-likeness (QED) is 0.863. The molecule has 0 bridgehead atoms. The van der Waals surface area contributed by atoms with E-state index in [-0.39, 0.29) is 12.5 Å². The Labute approximate surface area is 110 Å². The molecule has 1 aromatic carbocycles. The Balaban J connectivity index is 2.16. The Morgan fingerprint density at radius 3 is 2.50 bits per heavy atom. The van der Waals surface area contributed by atoms with Crippen LogP contribution in [0.3, 0.4) is 0 Å². The van der Waals surface area contributed by atoms with E-state index in [9.17, 15) is 5.11 Å². The lowest BCUT2D eigenvalue weighted by molar-refractivity contribution is 0.177. The van der Waals surface area contributed by atoms with Crippen LogP contribution in [0.25, 0.3) is 0 Å². The Bertz CT molecular complexity index is 408. The molecule has 0 radical (unpaired) electrons. The molecule has 1 atom stereocenters. The summed E-state index contributed by atoms with van der Waals surface area (Å²) < 4.78 is 5.99. The number of ether oxygens (including phenoxy) is 1. The smallest absolute Gasteiger partial charge is 0.123 e. The lowest BCUT2D eigenvalue weighted by atomic mass is 9.86. The van der Waals surface area contributed by atoms with Gasteiger partial charge < -0.3 is 9.84 Å². The van der Waals surface area contributed by atoms with Gasteiger partial charge in [-0.15, -0.1) is 0 Å². The van der Waals surface area contributed by atoms with E-state index < -0.39 is 0 Å². The molecule has 100 valence electrons. The first-order chi connectivity index (χ1) is 8.61. The van der Waals surface area contributed by atoms with Gasteiger partial charge in [-0.1, -0.05) is 19.4 Å². The molecule has 2 heteroatoms. The summed E-state index contributed by atoms with van der Waals surface area (Å²) in [6, 6.07) is 4.28. The SMILES string of the molecule is Cc1cc(OCC2CCC2)c(C(C)CO)cc1C. The molecule has 0 amide bonds. The molecule has 1 fully saturated rings. The van der Waals surface area contributed by atoms with Crippen LogP contribution >= 0.6 is 0 Å². The maximum atomic E-state index is 9.35. The van der Waals surface area contributed by atoms with E-state index in [1.54, 1.807) is 0 Å². The molecule has 0 saturated heterocycles. The van der Waals surface area contributed by atoms with Gasteiger partial charge in [0.25, 0.3) is 0 Å². The van der Waals surface area contributed by atoms with E-state index in [2.05, 4.69) is 26.0 Å². The summed E-state index contributed by atoms with van der Waals surface area (Å²) in [6.45, 7) is 7.26. The van der Waals surface area contributed by atoms with Gasteiger partial charge in [0.1, 0.15) is 5.75 Å². The molecule has 1 N–H and O–H groups in total. The Hall–Kier alpha value is -1.02. The van der Waals surface area contributed by atoms with Gasteiger partial charge >= 0.3 is 0 Å². The van der Waals surface area contributed by atoms with E-state index in [4.69, 9.17) is 4.74 Å². The van der Waals surface area contributed by atoms with Crippen LogP contribution in [0.4, 0.5) is 0 Å². The molecule has 1 aromatic rings. The Kier molecular flexibility index (Phi) is 4.28. The number of rotatable bonds is 5. The van der Waals surface area contributed by atoms with Gasteiger partial charge in [0.15, 0.2) is 0 Å². The third-order valence-corrected chi connectivity index (χ3v) is 4.13. The summed E-state index contributed by atoms with van der Waals surface area (Å²) in [4.78, 5) is 0. The number of hydrogen-bond donors (Lipinski definition) is 1. The van der Waals surface area contributed by atoms with Gasteiger partial charge in [-0.05, 0) is 55.4 Å². The fourth-order valence-corrected chi connectivity index (χ4v) is 2.29. The van der Waals surface area contributed by atoms with Gasteiger partial charge in [-0.3, -0.25) is 0 Å². The van der Waals surface area contributed by atoms with E-state index in [1.807, 2.05) is 6.92 Å². The molecule has 1 aliphatic rings. The third-order valence-electron chi connectivity index (χ3n) is 4.13. The van der Waals surface area contributed by atoms with E-state index >= 15 is 0 Å². The molecule has 2 nitrogen and oxygen atoms in total. The molecule has 0 aromatic heterocycles. The van der Waals surface area contributed by atoms with Gasteiger partial charge in [0, 0.05) is 12.5 Å². The summed E-state index contributed by atoms with van der Waals surface area (Å²) >= 11 is 0. The highest BCUT2D eigenvalue weighted by atomic mass is 16.5. The molecule has 0 spiro atoms. The van der Waals surface area contributed by atoms with Crippen molar-refractivity contribution in [1.29, 1.82) is 0 Å². The normalized spacial score (nSPS) is 17.3. The van der Waals surface area contributed by atoms with Gasteiger partial charge in [-0.2, -0.15) is 0 Å². The fourth-order valence-electron chi connectivity index (χ4n) is 2.29. The zero-order valence-corrected chi connectivity index (χ0v) is 11.7. The lowest BCUT2D eigenvalue weighted by Crippen LogP contribution is -2.20. The summed E-state index contributed by atoms with van der Waals surface area (Å²) in [6.07, 6.45) is 3.95. The molecule has 1 unspecified atom stereocenters. The number of benzene rings is 1. The molecule has 18 heavy (non-hydrogen) atoms. The van der Waals surface area contributed by atoms with Crippen LogP contribution < -0.4 is 4.74 Å². The van der Waals surface area contributed by atoms with Crippen LogP contribution in [0.1, 0.15) is 48.8 Å². The van der Waals surface area contributed by atoms with Crippen molar-refractivity contribution in [2.75, 3.05) is 13.2 Å². The van der Waals surface area contributed by atoms with Crippen molar-refractivity contribution in [2.24, 2.45) is 5.92 Å². The van der Waals surface area contributed by atoms with Crippen molar-refractivity contribution in [3.8, 4) is 5.75 Å². The van der Waals surface area contributed by atoms with Crippen molar-refractivity contribution in [3.05, 3.63) is 28.8 Å². The second-order valence-electron chi connectivity index (χ2n) is 5.67. The van der Waals surface area contributed by atoms with Gasteiger partial charge in [-0.25, -0.2) is 0 Å². The van der Waals surface area contributed by atoms with Crippen LogP contribution in [-0.2, 0) is 0 Å². The molecule has 0 aliphatic heterocycles. The predicted octanol–water partition coefficient (Wildman–Crippen LogP) is 3.58. The van der Waals surface area contributed by atoms with Crippen LogP contribution in [0.5, 0.6) is 5.75 Å². The maximum Gasteiger partial charge on any atom is 0.123 e. The van der Waals surface area contributed by atoms with E-state index in [0.717, 1.165) is 23.8 Å². The Morgan fingerprint density at radius 1 is 1.28 bits per heavy atom. The summed E-state index contributed by atoms with van der Waals surface area (Å²) in [5.41, 5.74) is 3.66. The highest BCUT2D eigenvalue weighted by Gasteiger charge is 2.19. The molecular formula is C16H24O2. The highest BCUT2D eigenvalue weighted by Crippen LogP contribution is 2.32. The topological polar surface area (TPSA) is 29.5 Å². The molecule has 1 saturated carbocycles. The van der Waals surface area contributed by atoms with Crippen LogP contribution in [-0.4, -0.2) is 18.3 Å². The van der Waals surface area contributed by atoms with Crippen molar-refractivity contribution < 1.29 is 9.84 Å². The highest BCUT2D eigenvalue weighted by molar-refractivity contribution is 5.43. The van der Waals surface area contributed by atoms with Crippen molar-refractivity contribution in [3.63, 3.8) is 0 Å². The minimum absolute atomic E-state index is 0.140. The second-order valence-corrected chi connectivity index (χ2v) is 5.67. The van der Waals surface area contributed by atoms with E-state index in [1.165, 1.54) is 30.4 Å². The monoisotopic (exact) mass is 248 g/mol. The van der Waals surface area contributed by atoms with Crippen molar-refractivity contribution >= 4 is 0 Å². The molecular weight excluding hydrogens is 224 g/mol. The zero-order chi connectivity index (χ0) is 13.1. The minimum atomic E-state index is 0.140. The predicted molar refractivity (Wildman–Crippen MR) is 74.3 cm³/mol. The summed E-state index contributed by atoms with van der Waals surface area (Å²) in [5.74, 6) is 1.84. The number of aliphatic hydroxyl groups excluding tert-OH is 1. The van der Waals surface area contributed by atoms with Crippen molar-refractivity contribution in [2.45, 2.75) is 46.0 Å². The first kappa shape index (κ1) is 13.4. The minimum Gasteiger partial charge on any atom is -0.493 e. The Morgan fingerprint density at radius 2 is 1.94 bits per heavy atom. The third kappa shape index (κ3) is 2.86. The zero-order valence-electron chi connectivity index (χ0n) is 11.7. The maximum absolute atomic E-state index is 9.35. The average molecular weight is 248 g/mol. The molecule has 1 aliphatic carbocycles. The van der Waals surface area contributed by atoms with E-state index in [0.29, 0.717) is 0 Å². The largest absolute Gasteiger partial charge is 0.493 e. The molecule has 2 rings (SSSR count). The van der Waals surface area contributed by atoms with Crippen LogP contribution in [0.2, 0.25) is 0 Å². The summed E-state index contributed by atoms with van der Waals surface area (Å²) in [7, 11) is 0. The number of hydrogen-bond acceptors (Lipinski definition) is 2. The van der Waals surface area contributed by atoms with Crippen LogP contribution in [0.15, 0.2) is 12.1 Å². The summed E-state index contributed by atoms with van der Waals surface area (Å²) in [5, 5.41) is 9.35. The average Bonchev–Trinajstić information content (AvgIpc) is 2.30. The van der Waals surface area contributed by atoms with Gasteiger partial charge in [0.2, 0.25) is 0 Å². The van der Waals surface area contributed by atoms with Crippen LogP contribution in [0, 0.1) is 19.8 Å². The van der Waals surface area contributed by atoms with Gasteiger partial charge in [0.05, 0.1) is 6.61 Å². The first-order valence-electron chi connectivity index (χ1n) is 6.96. The number of aliphatic hydroxyl groups is 1. The second kappa shape index (κ2) is 5.75. The number of aryl methyl sites for hydroxylation is 2. The lowest BCUT2D eigenvalue weighted by Gasteiger charge is -2.26. The fraction of sp³-hybridized carbons (Fsp3) is 0.625. The standard InChI is InChI=1S/C16H24O2/c1-11-7-15(13(3)9-17)16(8-12(11)2)18-10-14-5-4-6-14/h7-8,13-14,17H,4-6,9-10H2,1-3H3. The first-order valence-corrected chi connectivity index (χ1v) is 6.96. The molecule has 0 heterocycles.